The van der Waals surface area contributed by atoms with Crippen molar-refractivity contribution in [1.29, 1.82) is 0 Å². The molecule has 112 valence electrons. The lowest BCUT2D eigenvalue weighted by molar-refractivity contribution is -0.320. The van der Waals surface area contributed by atoms with Gasteiger partial charge in [0.15, 0.2) is 0 Å². The first kappa shape index (κ1) is 15.2. The quantitative estimate of drug-likeness (QED) is 0.533. The molecule has 0 aromatic rings. The van der Waals surface area contributed by atoms with Gasteiger partial charge >= 0.3 is 5.97 Å². The third kappa shape index (κ3) is 2.41. The van der Waals surface area contributed by atoms with E-state index in [2.05, 4.69) is 19.6 Å². The number of carbonyl (C=O) groups is 1. The molecular weight excluding hydrogens is 260 g/mol. The van der Waals surface area contributed by atoms with Gasteiger partial charge in [-0.25, -0.2) is 4.79 Å². The number of hydrogen-bond acceptors (Lipinski definition) is 4. The van der Waals surface area contributed by atoms with Crippen molar-refractivity contribution >= 4 is 5.97 Å². The average molecular weight is 282 g/mol. The summed E-state index contributed by atoms with van der Waals surface area (Å²) in [6, 6.07) is 0. The van der Waals surface area contributed by atoms with Crippen LogP contribution in [0.15, 0.2) is 23.8 Å². The molecule has 5 heteroatoms. The number of ether oxygens (including phenoxy) is 1. The zero-order chi connectivity index (χ0) is 15.1. The van der Waals surface area contributed by atoms with Gasteiger partial charge in [0, 0.05) is 0 Å². The van der Waals surface area contributed by atoms with E-state index in [-0.39, 0.29) is 11.5 Å². The Labute approximate surface area is 118 Å². The summed E-state index contributed by atoms with van der Waals surface area (Å²) in [6.07, 6.45) is 1.72. The highest BCUT2D eigenvalue weighted by Crippen LogP contribution is 2.46. The molecule has 0 aromatic carbocycles. The summed E-state index contributed by atoms with van der Waals surface area (Å²) in [5.41, 5.74) is 0.270. The van der Waals surface area contributed by atoms with Crippen LogP contribution in [0.3, 0.4) is 0 Å². The van der Waals surface area contributed by atoms with Crippen LogP contribution in [0.1, 0.15) is 33.1 Å². The molecule has 0 unspecified atom stereocenters. The Balaban J connectivity index is 2.02. The molecule has 0 aromatic heterocycles. The lowest BCUT2D eigenvalue weighted by Crippen LogP contribution is -2.69. The van der Waals surface area contributed by atoms with E-state index < -0.39 is 29.9 Å². The maximum atomic E-state index is 10.8. The molecule has 0 bridgehead atoms. The maximum absolute atomic E-state index is 10.8. The molecule has 2 rings (SSSR count). The second-order valence-corrected chi connectivity index (χ2v) is 6.01. The molecule has 20 heavy (non-hydrogen) atoms. The third-order valence-corrected chi connectivity index (χ3v) is 4.68. The Morgan fingerprint density at radius 1 is 1.60 bits per heavy atom. The predicted octanol–water partition coefficient (Wildman–Crippen LogP) is 1.25. The molecule has 1 aliphatic carbocycles. The number of allylic oxidation sites excluding steroid dienone is 2. The summed E-state index contributed by atoms with van der Waals surface area (Å²) in [7, 11) is 0. The highest BCUT2D eigenvalue weighted by molar-refractivity contribution is 5.87. The van der Waals surface area contributed by atoms with Gasteiger partial charge in [-0.05, 0) is 39.0 Å². The van der Waals surface area contributed by atoms with Gasteiger partial charge in [-0.3, -0.25) is 0 Å². The summed E-state index contributed by atoms with van der Waals surface area (Å²) in [6.45, 7) is 7.22. The van der Waals surface area contributed by atoms with E-state index in [4.69, 9.17) is 9.84 Å². The van der Waals surface area contributed by atoms with Gasteiger partial charge in [-0.2, -0.15) is 0 Å². The van der Waals surface area contributed by atoms with Crippen LogP contribution in [0.4, 0.5) is 0 Å². The van der Waals surface area contributed by atoms with Crippen molar-refractivity contribution in [3.05, 3.63) is 23.8 Å². The molecule has 1 heterocycles. The highest BCUT2D eigenvalue weighted by Gasteiger charge is 2.58. The van der Waals surface area contributed by atoms with Crippen LogP contribution in [0, 0.1) is 5.92 Å². The van der Waals surface area contributed by atoms with E-state index >= 15 is 0 Å². The minimum Gasteiger partial charge on any atom is -0.478 e. The minimum atomic E-state index is -1.38. The van der Waals surface area contributed by atoms with Crippen LogP contribution in [0.2, 0.25) is 0 Å². The van der Waals surface area contributed by atoms with Crippen LogP contribution >= 0.6 is 0 Å². The van der Waals surface area contributed by atoms with Crippen LogP contribution < -0.4 is 0 Å². The van der Waals surface area contributed by atoms with Crippen LogP contribution in [0.5, 0.6) is 0 Å². The van der Waals surface area contributed by atoms with E-state index in [0.717, 1.165) is 19.3 Å². The van der Waals surface area contributed by atoms with Gasteiger partial charge in [-0.1, -0.05) is 18.2 Å². The van der Waals surface area contributed by atoms with Gasteiger partial charge in [0.05, 0.1) is 11.2 Å². The fourth-order valence-corrected chi connectivity index (χ4v) is 3.07. The van der Waals surface area contributed by atoms with Crippen molar-refractivity contribution in [2.75, 3.05) is 0 Å². The molecule has 0 radical (unpaired) electrons. The Morgan fingerprint density at radius 2 is 2.25 bits per heavy atom. The number of carboxylic acids is 1. The van der Waals surface area contributed by atoms with Crippen LogP contribution in [0.25, 0.3) is 0 Å². The predicted molar refractivity (Wildman–Crippen MR) is 73.2 cm³/mol. The number of aliphatic hydroxyl groups excluding tert-OH is 2. The van der Waals surface area contributed by atoms with E-state index in [1.807, 2.05) is 6.92 Å². The van der Waals surface area contributed by atoms with Crippen molar-refractivity contribution in [1.82, 2.24) is 0 Å². The van der Waals surface area contributed by atoms with Crippen molar-refractivity contribution in [3.63, 3.8) is 0 Å². The van der Waals surface area contributed by atoms with Gasteiger partial charge in [0.2, 0.25) is 0 Å². The second-order valence-electron chi connectivity index (χ2n) is 6.01. The maximum Gasteiger partial charge on any atom is 0.333 e. The first-order valence-corrected chi connectivity index (χ1v) is 6.89. The summed E-state index contributed by atoms with van der Waals surface area (Å²) in [5.74, 6) is -1.10. The smallest absolute Gasteiger partial charge is 0.333 e. The molecule has 5 nitrogen and oxygen atoms in total. The van der Waals surface area contributed by atoms with E-state index in [1.54, 1.807) is 0 Å². The van der Waals surface area contributed by atoms with E-state index in [9.17, 15) is 15.0 Å². The summed E-state index contributed by atoms with van der Waals surface area (Å²) in [4.78, 5) is 10.8. The normalized spacial score (nSPS) is 38.6. The number of rotatable bonds is 4. The molecule has 0 amide bonds. The Bertz CT molecular complexity index is 455. The third-order valence-electron chi connectivity index (χ3n) is 4.68. The first-order valence-electron chi connectivity index (χ1n) is 6.89. The Morgan fingerprint density at radius 3 is 2.70 bits per heavy atom. The minimum absolute atomic E-state index is 0.183. The van der Waals surface area contributed by atoms with Gasteiger partial charge < -0.3 is 20.1 Å². The summed E-state index contributed by atoms with van der Waals surface area (Å²) in [5, 5.41) is 29.0. The molecular formula is C15H22O5. The fraction of sp³-hybridized carbons (Fsp3) is 0.667. The number of carboxylic acid groups (broad SMARTS) is 1. The van der Waals surface area contributed by atoms with Crippen LogP contribution in [-0.4, -0.2) is 45.2 Å². The number of aliphatic hydroxyl groups is 2. The number of hydrogen-bond donors (Lipinski definition) is 3. The molecule has 3 N–H and O–H groups in total. The zero-order valence-electron chi connectivity index (χ0n) is 11.9. The van der Waals surface area contributed by atoms with E-state index in [0.29, 0.717) is 0 Å². The SMILES string of the molecule is C=C(C(=O)O)[C@H](O)[C@@H]1O[C@](C)([C@@H]2CC=C(C)CC2)[C@@H]1O. The summed E-state index contributed by atoms with van der Waals surface area (Å²) < 4.78 is 5.69. The van der Waals surface area contributed by atoms with Gasteiger partial charge in [-0.15, -0.1) is 0 Å². The zero-order valence-corrected chi connectivity index (χ0v) is 11.9. The monoisotopic (exact) mass is 282 g/mol. The molecule has 1 aliphatic heterocycles. The lowest BCUT2D eigenvalue weighted by Gasteiger charge is -2.56. The molecule has 0 saturated carbocycles. The molecule has 0 spiro atoms. The highest BCUT2D eigenvalue weighted by atomic mass is 16.6. The van der Waals surface area contributed by atoms with Crippen molar-refractivity contribution in [3.8, 4) is 0 Å². The van der Waals surface area contributed by atoms with Crippen molar-refractivity contribution in [2.45, 2.75) is 57.0 Å². The first-order chi connectivity index (χ1) is 9.27. The molecule has 1 fully saturated rings. The topological polar surface area (TPSA) is 87.0 Å². The van der Waals surface area contributed by atoms with Gasteiger partial charge in [0.1, 0.15) is 18.3 Å². The van der Waals surface area contributed by atoms with Gasteiger partial charge in [0.25, 0.3) is 0 Å². The largest absolute Gasteiger partial charge is 0.478 e. The van der Waals surface area contributed by atoms with Crippen LogP contribution in [-0.2, 0) is 9.53 Å². The molecule has 1 saturated heterocycles. The van der Waals surface area contributed by atoms with Crippen molar-refractivity contribution < 1.29 is 24.9 Å². The molecule has 2 aliphatic rings. The lowest BCUT2D eigenvalue weighted by atomic mass is 9.69. The fourth-order valence-electron chi connectivity index (χ4n) is 3.07. The second kappa shape index (κ2) is 5.31. The summed E-state index contributed by atoms with van der Waals surface area (Å²) >= 11 is 0. The average Bonchev–Trinajstić information content (AvgIpc) is 2.43. The van der Waals surface area contributed by atoms with E-state index in [1.165, 1.54) is 5.57 Å². The molecule has 5 atom stereocenters. The Kier molecular flexibility index (Phi) is 4.04. The van der Waals surface area contributed by atoms with Crippen molar-refractivity contribution in [2.24, 2.45) is 5.92 Å². The Hall–Kier alpha value is -1.17. The standard InChI is InChI=1S/C15H22O5/c1-8-4-6-10(7-5-8)15(3)13(17)12(20-15)11(16)9(2)14(18)19/h4,10-13,16-17H,2,5-7H2,1,3H3,(H,18,19)/t10-,11+,12+,13-,15-/m1/s1. The number of aliphatic carboxylic acids is 1.